The molecule has 0 unspecified atom stereocenters. The lowest BCUT2D eigenvalue weighted by Crippen LogP contribution is -2.46. The molecule has 1 aromatic rings. The molecule has 2 amide bonds. The number of amides is 2. The van der Waals surface area contributed by atoms with E-state index in [1.54, 1.807) is 24.3 Å². The van der Waals surface area contributed by atoms with Crippen LogP contribution in [0.25, 0.3) is 0 Å². The lowest BCUT2D eigenvalue weighted by molar-refractivity contribution is -0.123. The van der Waals surface area contributed by atoms with E-state index in [9.17, 15) is 18.0 Å². The molecular weight excluding hydrogens is 301 g/mol. The van der Waals surface area contributed by atoms with Crippen molar-refractivity contribution in [3.63, 3.8) is 0 Å². The van der Waals surface area contributed by atoms with Crippen molar-refractivity contribution in [1.29, 1.82) is 0 Å². The highest BCUT2D eigenvalue weighted by Crippen LogP contribution is 2.12. The van der Waals surface area contributed by atoms with Crippen molar-refractivity contribution in [2.75, 3.05) is 40.0 Å². The molecule has 0 aliphatic heterocycles. The summed E-state index contributed by atoms with van der Waals surface area (Å²) in [6.45, 7) is -0.632. The van der Waals surface area contributed by atoms with Crippen LogP contribution in [0.4, 0.5) is 18.0 Å². The number of halogens is 3. The van der Waals surface area contributed by atoms with E-state index in [2.05, 4.69) is 0 Å². The van der Waals surface area contributed by atoms with Gasteiger partial charge in [-0.05, 0) is 12.1 Å². The van der Waals surface area contributed by atoms with Gasteiger partial charge < -0.3 is 19.7 Å². The predicted molar refractivity (Wildman–Crippen MR) is 74.8 cm³/mol. The van der Waals surface area contributed by atoms with Crippen molar-refractivity contribution in [1.82, 2.24) is 10.2 Å². The smallest absolute Gasteiger partial charge is 0.405 e. The van der Waals surface area contributed by atoms with Crippen LogP contribution in [0.1, 0.15) is 0 Å². The number of hydrogen-bond acceptors (Lipinski definition) is 3. The molecule has 1 aromatic carbocycles. The summed E-state index contributed by atoms with van der Waals surface area (Å²) in [6.07, 6.45) is -4.44. The van der Waals surface area contributed by atoms with Crippen LogP contribution in [0.3, 0.4) is 0 Å². The number of methoxy groups -OCH3 is 1. The minimum atomic E-state index is -4.44. The van der Waals surface area contributed by atoms with Gasteiger partial charge in [0.1, 0.15) is 18.9 Å². The fourth-order valence-electron chi connectivity index (χ4n) is 1.59. The van der Waals surface area contributed by atoms with E-state index in [1.807, 2.05) is 11.4 Å². The van der Waals surface area contributed by atoms with E-state index < -0.39 is 18.8 Å². The Labute approximate surface area is 127 Å². The Morgan fingerprint density at radius 2 is 1.82 bits per heavy atom. The molecular formula is C14H19F3N2O3. The molecule has 124 valence electrons. The average molecular weight is 320 g/mol. The van der Waals surface area contributed by atoms with Crippen molar-refractivity contribution in [3.8, 4) is 5.75 Å². The molecule has 0 bridgehead atoms. The van der Waals surface area contributed by atoms with Gasteiger partial charge in [-0.1, -0.05) is 18.2 Å². The van der Waals surface area contributed by atoms with Crippen LogP contribution in [0, 0.1) is 0 Å². The molecule has 0 spiro atoms. The first kappa shape index (κ1) is 18.1. The molecule has 0 atom stereocenters. The molecule has 0 fully saturated rings. The Kier molecular flexibility index (Phi) is 7.51. The molecule has 0 saturated heterocycles. The van der Waals surface area contributed by atoms with Crippen LogP contribution in [0.2, 0.25) is 0 Å². The Morgan fingerprint density at radius 3 is 2.41 bits per heavy atom. The summed E-state index contributed by atoms with van der Waals surface area (Å²) < 4.78 is 46.6. The number of hydrogen-bond donors (Lipinski definition) is 1. The Balaban J connectivity index is 2.43. The van der Waals surface area contributed by atoms with E-state index in [1.165, 1.54) is 12.0 Å². The number of alkyl halides is 3. The second-order valence-corrected chi connectivity index (χ2v) is 4.42. The standard InChI is InChI=1S/C14H19F3N2O3/c1-21-9-7-19(13(20)18-11-14(15,16)17)8-10-22-12-5-3-2-4-6-12/h2-6H,7-11H2,1H3,(H,18,20). The van der Waals surface area contributed by atoms with Crippen LogP contribution in [0.5, 0.6) is 5.75 Å². The number of nitrogens with zero attached hydrogens (tertiary/aromatic N) is 1. The van der Waals surface area contributed by atoms with Gasteiger partial charge in [-0.2, -0.15) is 13.2 Å². The number of carbonyl (C=O) groups is 1. The largest absolute Gasteiger partial charge is 0.492 e. The third-order valence-electron chi connectivity index (χ3n) is 2.67. The lowest BCUT2D eigenvalue weighted by Gasteiger charge is -2.23. The van der Waals surface area contributed by atoms with E-state index in [-0.39, 0.29) is 26.3 Å². The lowest BCUT2D eigenvalue weighted by atomic mass is 10.3. The number of benzene rings is 1. The fourth-order valence-corrected chi connectivity index (χ4v) is 1.59. The highest BCUT2D eigenvalue weighted by atomic mass is 19.4. The number of carbonyl (C=O) groups excluding carboxylic acids is 1. The highest BCUT2D eigenvalue weighted by molar-refractivity contribution is 5.74. The van der Waals surface area contributed by atoms with Crippen molar-refractivity contribution in [2.24, 2.45) is 0 Å². The summed E-state index contributed by atoms with van der Waals surface area (Å²) in [5.41, 5.74) is 0. The minimum Gasteiger partial charge on any atom is -0.492 e. The molecule has 1 N–H and O–H groups in total. The molecule has 0 aliphatic carbocycles. The maximum Gasteiger partial charge on any atom is 0.405 e. The predicted octanol–water partition coefficient (Wildman–Crippen LogP) is 2.29. The zero-order valence-corrected chi connectivity index (χ0v) is 12.2. The average Bonchev–Trinajstić information content (AvgIpc) is 2.48. The molecule has 1 rings (SSSR count). The normalized spacial score (nSPS) is 11.1. The van der Waals surface area contributed by atoms with E-state index in [0.717, 1.165) is 0 Å². The summed E-state index contributed by atoms with van der Waals surface area (Å²) in [6, 6.07) is 8.14. The van der Waals surface area contributed by atoms with Crippen LogP contribution in [-0.2, 0) is 4.74 Å². The van der Waals surface area contributed by atoms with E-state index in [0.29, 0.717) is 5.75 Å². The first-order valence-corrected chi connectivity index (χ1v) is 6.68. The van der Waals surface area contributed by atoms with E-state index >= 15 is 0 Å². The molecule has 0 aromatic heterocycles. The van der Waals surface area contributed by atoms with E-state index in [4.69, 9.17) is 9.47 Å². The Hall–Kier alpha value is -1.96. The first-order chi connectivity index (χ1) is 10.4. The number of ether oxygens (including phenoxy) is 2. The second kappa shape index (κ2) is 9.14. The van der Waals surface area contributed by atoms with Crippen LogP contribution in [-0.4, -0.2) is 57.1 Å². The van der Waals surface area contributed by atoms with Gasteiger partial charge in [0.2, 0.25) is 0 Å². The number of rotatable bonds is 8. The monoisotopic (exact) mass is 320 g/mol. The van der Waals surface area contributed by atoms with Gasteiger partial charge in [0.25, 0.3) is 0 Å². The molecule has 5 nitrogen and oxygen atoms in total. The number of nitrogens with one attached hydrogen (secondary N) is 1. The van der Waals surface area contributed by atoms with Crippen LogP contribution in [0.15, 0.2) is 30.3 Å². The summed E-state index contributed by atoms with van der Waals surface area (Å²) in [7, 11) is 1.45. The second-order valence-electron chi connectivity index (χ2n) is 4.42. The zero-order valence-electron chi connectivity index (χ0n) is 12.2. The molecule has 0 saturated carbocycles. The Bertz CT molecular complexity index is 441. The quantitative estimate of drug-likeness (QED) is 0.799. The fraction of sp³-hybridized carbons (Fsp3) is 0.500. The van der Waals surface area contributed by atoms with Gasteiger partial charge in [0.15, 0.2) is 0 Å². The number of para-hydroxylation sites is 1. The highest BCUT2D eigenvalue weighted by Gasteiger charge is 2.28. The minimum absolute atomic E-state index is 0.155. The third kappa shape index (κ3) is 7.72. The van der Waals surface area contributed by atoms with Crippen LogP contribution < -0.4 is 10.1 Å². The first-order valence-electron chi connectivity index (χ1n) is 6.68. The van der Waals surface area contributed by atoms with Gasteiger partial charge >= 0.3 is 12.2 Å². The molecule has 0 aliphatic rings. The summed E-state index contributed by atoms with van der Waals surface area (Å²) in [5, 5.41) is 1.83. The summed E-state index contributed by atoms with van der Waals surface area (Å²) in [5.74, 6) is 0.630. The maximum absolute atomic E-state index is 12.1. The van der Waals surface area contributed by atoms with Gasteiger partial charge in [-0.25, -0.2) is 4.79 Å². The summed E-state index contributed by atoms with van der Waals surface area (Å²) in [4.78, 5) is 13.0. The molecule has 0 radical (unpaired) electrons. The molecule has 8 heteroatoms. The van der Waals surface area contributed by atoms with Gasteiger partial charge in [0.05, 0.1) is 13.2 Å². The van der Waals surface area contributed by atoms with Gasteiger partial charge in [0, 0.05) is 13.7 Å². The van der Waals surface area contributed by atoms with Crippen molar-refractivity contribution >= 4 is 6.03 Å². The zero-order chi connectivity index (χ0) is 16.4. The summed E-state index contributed by atoms with van der Waals surface area (Å²) >= 11 is 0. The van der Waals surface area contributed by atoms with Crippen LogP contribution >= 0.6 is 0 Å². The molecule has 22 heavy (non-hydrogen) atoms. The van der Waals surface area contributed by atoms with Crippen molar-refractivity contribution in [3.05, 3.63) is 30.3 Å². The van der Waals surface area contributed by atoms with Crippen molar-refractivity contribution in [2.45, 2.75) is 6.18 Å². The van der Waals surface area contributed by atoms with Gasteiger partial charge in [-0.15, -0.1) is 0 Å². The topological polar surface area (TPSA) is 50.8 Å². The maximum atomic E-state index is 12.1. The SMILES string of the molecule is COCCN(CCOc1ccccc1)C(=O)NCC(F)(F)F. The van der Waals surface area contributed by atoms with Gasteiger partial charge in [-0.3, -0.25) is 0 Å². The Morgan fingerprint density at radius 1 is 1.18 bits per heavy atom. The third-order valence-corrected chi connectivity index (χ3v) is 2.67. The van der Waals surface area contributed by atoms with Crippen molar-refractivity contribution < 1.29 is 27.4 Å². The molecule has 0 heterocycles. The number of urea groups is 1.